The maximum atomic E-state index is 11.8. The van der Waals surface area contributed by atoms with E-state index >= 15 is 0 Å². The third kappa shape index (κ3) is 1.30. The number of pyridine rings is 1. The van der Waals surface area contributed by atoms with Gasteiger partial charge in [-0.25, -0.2) is 0 Å². The van der Waals surface area contributed by atoms with Crippen LogP contribution in [0.25, 0.3) is 21.8 Å². The summed E-state index contributed by atoms with van der Waals surface area (Å²) < 4.78 is 0. The van der Waals surface area contributed by atoms with Crippen LogP contribution in [0.1, 0.15) is 17.3 Å². The number of Topliss-reactive ketones (excluding diaryl/α,β-unsaturated/α-hetero) is 1. The summed E-state index contributed by atoms with van der Waals surface area (Å²) in [5.74, 6) is -0.0491. The lowest BCUT2D eigenvalue weighted by Gasteiger charge is -2.00. The zero-order chi connectivity index (χ0) is 12.0. The van der Waals surface area contributed by atoms with Gasteiger partial charge in [-0.15, -0.1) is 0 Å². The number of carbonyl (C=O) groups excluding carboxylic acids is 1. The third-order valence-electron chi connectivity index (χ3n) is 2.93. The second kappa shape index (κ2) is 3.31. The van der Waals surface area contributed by atoms with Crippen molar-refractivity contribution in [2.45, 2.75) is 6.92 Å². The van der Waals surface area contributed by atoms with Crippen LogP contribution in [0.4, 0.5) is 0 Å². The minimum atomic E-state index is -0.203. The lowest BCUT2D eigenvalue weighted by atomic mass is 10.1. The van der Waals surface area contributed by atoms with E-state index in [1.807, 2.05) is 24.3 Å². The first-order chi connectivity index (χ1) is 8.18. The van der Waals surface area contributed by atoms with Gasteiger partial charge in [0.2, 0.25) is 0 Å². The van der Waals surface area contributed by atoms with Gasteiger partial charge in [0.05, 0.1) is 0 Å². The Bertz CT molecular complexity index is 796. The minimum Gasteiger partial charge on any atom is -0.356 e. The van der Waals surface area contributed by atoms with Crippen LogP contribution in [0.15, 0.2) is 35.3 Å². The average molecular weight is 226 g/mol. The van der Waals surface area contributed by atoms with E-state index in [1.54, 1.807) is 6.20 Å². The fourth-order valence-electron chi connectivity index (χ4n) is 2.15. The Labute approximate surface area is 96.3 Å². The molecule has 3 aromatic rings. The van der Waals surface area contributed by atoms with Crippen LogP contribution in [0, 0.1) is 0 Å². The monoisotopic (exact) mass is 226 g/mol. The molecule has 0 saturated carbocycles. The molecule has 0 aliphatic carbocycles. The molecule has 4 heteroatoms. The Morgan fingerprint density at radius 2 is 2.00 bits per heavy atom. The van der Waals surface area contributed by atoms with Gasteiger partial charge in [-0.1, -0.05) is 18.2 Å². The summed E-state index contributed by atoms with van der Waals surface area (Å²) in [5.41, 5.74) is 1.55. The topological polar surface area (TPSA) is 65.7 Å². The van der Waals surface area contributed by atoms with Gasteiger partial charge in [0, 0.05) is 28.0 Å². The van der Waals surface area contributed by atoms with Gasteiger partial charge in [0.1, 0.15) is 5.52 Å². The fourth-order valence-corrected chi connectivity index (χ4v) is 2.15. The van der Waals surface area contributed by atoms with Crippen LogP contribution in [0.2, 0.25) is 0 Å². The number of carbonyl (C=O) groups is 1. The number of aromatic nitrogens is 2. The quantitative estimate of drug-likeness (QED) is 0.625. The fraction of sp³-hybridized carbons (Fsp3) is 0.0769. The van der Waals surface area contributed by atoms with E-state index in [9.17, 15) is 9.59 Å². The van der Waals surface area contributed by atoms with Gasteiger partial charge >= 0.3 is 0 Å². The molecule has 84 valence electrons. The number of aromatic amines is 2. The molecule has 0 bridgehead atoms. The zero-order valence-electron chi connectivity index (χ0n) is 9.20. The van der Waals surface area contributed by atoms with E-state index in [0.717, 1.165) is 10.9 Å². The molecule has 0 radical (unpaired) electrons. The minimum absolute atomic E-state index is 0.0491. The molecule has 0 unspecified atom stereocenters. The smallest absolute Gasteiger partial charge is 0.272 e. The SMILES string of the molecule is CC(=O)c1c[nH]c2c(=O)[nH]c3ccccc3c12. The molecule has 0 amide bonds. The Balaban J connectivity index is 2.65. The molecule has 2 N–H and O–H groups in total. The van der Waals surface area contributed by atoms with Crippen molar-refractivity contribution in [3.63, 3.8) is 0 Å². The molecule has 0 atom stereocenters. The zero-order valence-corrected chi connectivity index (χ0v) is 9.20. The first-order valence-corrected chi connectivity index (χ1v) is 5.31. The second-order valence-electron chi connectivity index (χ2n) is 4.01. The van der Waals surface area contributed by atoms with Crippen LogP contribution >= 0.6 is 0 Å². The highest BCUT2D eigenvalue weighted by Gasteiger charge is 2.13. The van der Waals surface area contributed by atoms with Gasteiger partial charge in [0.25, 0.3) is 5.56 Å². The number of rotatable bonds is 1. The predicted molar refractivity (Wildman–Crippen MR) is 66.4 cm³/mol. The van der Waals surface area contributed by atoms with Gasteiger partial charge in [0.15, 0.2) is 5.78 Å². The van der Waals surface area contributed by atoms with Crippen molar-refractivity contribution in [2.75, 3.05) is 0 Å². The number of nitrogens with one attached hydrogen (secondary N) is 2. The Hall–Kier alpha value is -2.36. The first kappa shape index (κ1) is 9.84. The number of benzene rings is 1. The standard InChI is InChI=1S/C13H10N2O2/c1-7(16)9-6-14-12-11(9)8-4-2-3-5-10(8)15-13(12)17/h2-6,14H,1H3,(H,15,17). The van der Waals surface area contributed by atoms with Crippen LogP contribution in [-0.2, 0) is 0 Å². The molecule has 0 aliphatic rings. The highest BCUT2D eigenvalue weighted by atomic mass is 16.1. The van der Waals surface area contributed by atoms with Crippen LogP contribution in [0.5, 0.6) is 0 Å². The van der Waals surface area contributed by atoms with Crippen molar-refractivity contribution in [1.82, 2.24) is 9.97 Å². The Kier molecular flexibility index (Phi) is 1.92. The predicted octanol–water partition coefficient (Wildman–Crippen LogP) is 2.21. The summed E-state index contributed by atoms with van der Waals surface area (Å²) in [4.78, 5) is 29.0. The van der Waals surface area contributed by atoms with Gasteiger partial charge in [-0.05, 0) is 13.0 Å². The normalized spacial score (nSPS) is 11.1. The summed E-state index contributed by atoms with van der Waals surface area (Å²) in [6.45, 7) is 1.50. The highest BCUT2D eigenvalue weighted by molar-refractivity contribution is 6.16. The highest BCUT2D eigenvalue weighted by Crippen LogP contribution is 2.24. The molecule has 0 fully saturated rings. The molecule has 2 heterocycles. The number of H-pyrrole nitrogens is 2. The lowest BCUT2D eigenvalue weighted by molar-refractivity contribution is 0.101. The van der Waals surface area contributed by atoms with Crippen LogP contribution in [0.3, 0.4) is 0 Å². The second-order valence-corrected chi connectivity index (χ2v) is 4.01. The summed E-state index contributed by atoms with van der Waals surface area (Å²) in [6.07, 6.45) is 1.59. The number of fused-ring (bicyclic) bond motifs is 3. The largest absolute Gasteiger partial charge is 0.356 e. The maximum absolute atomic E-state index is 11.8. The molecule has 4 nitrogen and oxygen atoms in total. The molecule has 0 aliphatic heterocycles. The van der Waals surface area contributed by atoms with Crippen molar-refractivity contribution in [3.8, 4) is 0 Å². The first-order valence-electron chi connectivity index (χ1n) is 5.31. The van der Waals surface area contributed by atoms with Crippen molar-refractivity contribution in [3.05, 3.63) is 46.4 Å². The summed E-state index contributed by atoms with van der Waals surface area (Å²) in [6, 6.07) is 7.46. The number of ketones is 1. The number of hydrogen-bond acceptors (Lipinski definition) is 2. The van der Waals surface area contributed by atoms with Crippen molar-refractivity contribution >= 4 is 27.6 Å². The van der Waals surface area contributed by atoms with Gasteiger partial charge < -0.3 is 9.97 Å². The Morgan fingerprint density at radius 3 is 2.76 bits per heavy atom. The molecule has 17 heavy (non-hydrogen) atoms. The lowest BCUT2D eigenvalue weighted by Crippen LogP contribution is -2.06. The molecular weight excluding hydrogens is 216 g/mol. The van der Waals surface area contributed by atoms with Crippen LogP contribution in [-0.4, -0.2) is 15.8 Å². The van der Waals surface area contributed by atoms with E-state index in [1.165, 1.54) is 6.92 Å². The number of para-hydroxylation sites is 1. The molecule has 0 spiro atoms. The maximum Gasteiger partial charge on any atom is 0.272 e. The van der Waals surface area contributed by atoms with Crippen LogP contribution < -0.4 is 5.56 Å². The number of hydrogen-bond donors (Lipinski definition) is 2. The van der Waals surface area contributed by atoms with E-state index in [2.05, 4.69) is 9.97 Å². The van der Waals surface area contributed by atoms with E-state index in [-0.39, 0.29) is 11.3 Å². The van der Waals surface area contributed by atoms with Crippen molar-refractivity contribution < 1.29 is 4.79 Å². The summed E-state index contributed by atoms with van der Waals surface area (Å²) >= 11 is 0. The van der Waals surface area contributed by atoms with Crippen molar-refractivity contribution in [1.29, 1.82) is 0 Å². The average Bonchev–Trinajstić information content (AvgIpc) is 2.74. The molecule has 1 aromatic carbocycles. The Morgan fingerprint density at radius 1 is 1.24 bits per heavy atom. The van der Waals surface area contributed by atoms with E-state index in [4.69, 9.17) is 0 Å². The van der Waals surface area contributed by atoms with Crippen molar-refractivity contribution in [2.24, 2.45) is 0 Å². The van der Waals surface area contributed by atoms with Gasteiger partial charge in [-0.3, -0.25) is 9.59 Å². The molecule has 2 aromatic heterocycles. The summed E-state index contributed by atoms with van der Waals surface area (Å²) in [7, 11) is 0. The molecular formula is C13H10N2O2. The third-order valence-corrected chi connectivity index (χ3v) is 2.93. The molecule has 3 rings (SSSR count). The van der Waals surface area contributed by atoms with Gasteiger partial charge in [-0.2, -0.15) is 0 Å². The van der Waals surface area contributed by atoms with E-state index < -0.39 is 0 Å². The molecule has 0 saturated heterocycles. The van der Waals surface area contributed by atoms with E-state index in [0.29, 0.717) is 16.5 Å². The summed E-state index contributed by atoms with van der Waals surface area (Å²) in [5, 5.41) is 1.59.